The molecule has 1 aromatic carbocycles. The summed E-state index contributed by atoms with van der Waals surface area (Å²) in [5.41, 5.74) is 0. The number of amides is 1. The molecule has 0 bridgehead atoms. The Labute approximate surface area is 115 Å². The van der Waals surface area contributed by atoms with Gasteiger partial charge >= 0.3 is 12.1 Å². The summed E-state index contributed by atoms with van der Waals surface area (Å²) in [5.74, 6) is -0.0276. The number of benzene rings is 1. The van der Waals surface area contributed by atoms with E-state index < -0.39 is 24.2 Å². The van der Waals surface area contributed by atoms with Gasteiger partial charge in [0.15, 0.2) is 0 Å². The molecule has 7 heteroatoms. The lowest BCUT2D eigenvalue weighted by Gasteiger charge is -2.16. The van der Waals surface area contributed by atoms with Crippen molar-refractivity contribution < 1.29 is 29.3 Å². The van der Waals surface area contributed by atoms with Crippen molar-refractivity contribution in [2.24, 2.45) is 0 Å². The average Bonchev–Trinajstić information content (AvgIpc) is 2.83. The van der Waals surface area contributed by atoms with Crippen molar-refractivity contribution in [1.82, 2.24) is 4.90 Å². The first-order valence-corrected chi connectivity index (χ1v) is 6.04. The fraction of sp³-hybridized carbons (Fsp3) is 0.385. The van der Waals surface area contributed by atoms with E-state index in [0.29, 0.717) is 11.5 Å². The van der Waals surface area contributed by atoms with Gasteiger partial charge in [-0.25, -0.2) is 9.59 Å². The predicted molar refractivity (Wildman–Crippen MR) is 68.2 cm³/mol. The van der Waals surface area contributed by atoms with Crippen molar-refractivity contribution in [2.45, 2.75) is 18.6 Å². The van der Waals surface area contributed by atoms with Gasteiger partial charge in [-0.2, -0.15) is 0 Å². The highest BCUT2D eigenvalue weighted by atomic mass is 16.5. The first kappa shape index (κ1) is 14.0. The van der Waals surface area contributed by atoms with Gasteiger partial charge in [0, 0.05) is 12.5 Å². The Bertz CT molecular complexity index is 495. The van der Waals surface area contributed by atoms with Crippen LogP contribution in [0.25, 0.3) is 0 Å². The third-order valence-electron chi connectivity index (χ3n) is 3.14. The summed E-state index contributed by atoms with van der Waals surface area (Å²) >= 11 is 0. The number of carboxylic acid groups (broad SMARTS) is 2. The molecular weight excluding hydrogens is 266 g/mol. The molecule has 0 saturated carbocycles. The molecule has 2 rings (SSSR count). The van der Waals surface area contributed by atoms with Crippen LogP contribution in [0, 0.1) is 0 Å². The fourth-order valence-corrected chi connectivity index (χ4v) is 2.20. The van der Waals surface area contributed by atoms with Crippen molar-refractivity contribution in [3.8, 4) is 11.5 Å². The van der Waals surface area contributed by atoms with E-state index in [1.807, 2.05) is 0 Å². The van der Waals surface area contributed by atoms with E-state index >= 15 is 0 Å². The van der Waals surface area contributed by atoms with Crippen molar-refractivity contribution in [3.63, 3.8) is 0 Å². The Kier molecular flexibility index (Phi) is 3.97. The lowest BCUT2D eigenvalue weighted by molar-refractivity contribution is -0.141. The van der Waals surface area contributed by atoms with Crippen LogP contribution in [-0.4, -0.2) is 53.0 Å². The van der Waals surface area contributed by atoms with Crippen LogP contribution in [0.3, 0.4) is 0 Å². The first-order chi connectivity index (χ1) is 9.51. The van der Waals surface area contributed by atoms with Gasteiger partial charge in [-0.1, -0.05) is 6.07 Å². The van der Waals surface area contributed by atoms with Gasteiger partial charge in [0.25, 0.3) is 0 Å². The first-order valence-electron chi connectivity index (χ1n) is 6.04. The standard InChI is InChI=1S/C13H15NO6/c1-19-8-3-2-4-9(5-8)20-10-6-11(12(15)16)14(7-10)13(17)18/h2-5,10-11H,6-7H2,1H3,(H,15,16)(H,17,18)/t10-,11-/m1/s1. The summed E-state index contributed by atoms with van der Waals surface area (Å²) in [6, 6.07) is 5.81. The van der Waals surface area contributed by atoms with Crippen LogP contribution in [0.1, 0.15) is 6.42 Å². The molecule has 1 saturated heterocycles. The Hall–Kier alpha value is -2.44. The van der Waals surface area contributed by atoms with E-state index in [0.717, 1.165) is 4.90 Å². The van der Waals surface area contributed by atoms with E-state index in [-0.39, 0.29) is 13.0 Å². The molecule has 1 amide bonds. The van der Waals surface area contributed by atoms with Crippen LogP contribution < -0.4 is 9.47 Å². The zero-order chi connectivity index (χ0) is 14.7. The Morgan fingerprint density at radius 3 is 2.55 bits per heavy atom. The summed E-state index contributed by atoms with van der Waals surface area (Å²) in [5, 5.41) is 18.0. The number of carboxylic acids is 1. The minimum Gasteiger partial charge on any atom is -0.497 e. The third-order valence-corrected chi connectivity index (χ3v) is 3.14. The van der Waals surface area contributed by atoms with Gasteiger partial charge in [-0.15, -0.1) is 0 Å². The number of nitrogens with zero attached hydrogens (tertiary/aromatic N) is 1. The normalized spacial score (nSPS) is 21.6. The predicted octanol–water partition coefficient (Wildman–Crippen LogP) is 1.28. The summed E-state index contributed by atoms with van der Waals surface area (Å²) in [7, 11) is 1.53. The molecule has 2 atom stereocenters. The number of aliphatic carboxylic acids is 1. The number of likely N-dealkylation sites (tertiary alicyclic amines) is 1. The molecule has 0 radical (unpaired) electrons. The van der Waals surface area contributed by atoms with E-state index in [1.165, 1.54) is 7.11 Å². The molecule has 2 N–H and O–H groups in total. The minimum atomic E-state index is -1.26. The van der Waals surface area contributed by atoms with E-state index in [1.54, 1.807) is 24.3 Å². The molecule has 1 aromatic rings. The molecule has 7 nitrogen and oxygen atoms in total. The van der Waals surface area contributed by atoms with Crippen molar-refractivity contribution in [2.75, 3.05) is 13.7 Å². The molecule has 0 aliphatic carbocycles. The van der Waals surface area contributed by atoms with Crippen LogP contribution in [0.2, 0.25) is 0 Å². The minimum absolute atomic E-state index is 0.0313. The molecule has 108 valence electrons. The van der Waals surface area contributed by atoms with Crippen LogP contribution >= 0.6 is 0 Å². The highest BCUT2D eigenvalue weighted by Crippen LogP contribution is 2.25. The zero-order valence-corrected chi connectivity index (χ0v) is 10.9. The van der Waals surface area contributed by atoms with E-state index in [9.17, 15) is 9.59 Å². The van der Waals surface area contributed by atoms with Gasteiger partial charge in [-0.05, 0) is 12.1 Å². The Balaban J connectivity index is 2.07. The van der Waals surface area contributed by atoms with Gasteiger partial charge in [0.05, 0.1) is 13.7 Å². The number of ether oxygens (including phenoxy) is 2. The summed E-state index contributed by atoms with van der Waals surface area (Å²) in [6.45, 7) is 0.0313. The van der Waals surface area contributed by atoms with Gasteiger partial charge in [0.1, 0.15) is 23.6 Å². The SMILES string of the molecule is COc1cccc(O[C@@H]2C[C@H](C(=O)O)N(C(=O)O)C2)c1. The molecule has 1 fully saturated rings. The molecule has 0 unspecified atom stereocenters. The quantitative estimate of drug-likeness (QED) is 0.863. The largest absolute Gasteiger partial charge is 0.497 e. The van der Waals surface area contributed by atoms with Crippen LogP contribution in [-0.2, 0) is 4.79 Å². The maximum absolute atomic E-state index is 11.0. The van der Waals surface area contributed by atoms with Crippen molar-refractivity contribution in [1.29, 1.82) is 0 Å². The number of rotatable bonds is 4. The second kappa shape index (κ2) is 5.68. The Morgan fingerprint density at radius 1 is 1.30 bits per heavy atom. The number of carbonyl (C=O) groups is 2. The zero-order valence-electron chi connectivity index (χ0n) is 10.9. The molecule has 1 aliphatic rings. The molecule has 1 heterocycles. The molecule has 0 aromatic heterocycles. The lowest BCUT2D eigenvalue weighted by Crippen LogP contribution is -2.39. The highest BCUT2D eigenvalue weighted by Gasteiger charge is 2.40. The van der Waals surface area contributed by atoms with Crippen LogP contribution in [0.15, 0.2) is 24.3 Å². The van der Waals surface area contributed by atoms with Gasteiger partial charge in [0.2, 0.25) is 0 Å². The second-order valence-corrected chi connectivity index (χ2v) is 4.44. The van der Waals surface area contributed by atoms with Gasteiger partial charge < -0.3 is 19.7 Å². The van der Waals surface area contributed by atoms with Gasteiger partial charge in [-0.3, -0.25) is 4.90 Å². The van der Waals surface area contributed by atoms with Crippen molar-refractivity contribution in [3.05, 3.63) is 24.3 Å². The fourth-order valence-electron chi connectivity index (χ4n) is 2.20. The summed E-state index contributed by atoms with van der Waals surface area (Å²) < 4.78 is 10.7. The highest BCUT2D eigenvalue weighted by molar-refractivity contribution is 5.80. The summed E-state index contributed by atoms with van der Waals surface area (Å²) in [4.78, 5) is 22.9. The number of hydrogen-bond donors (Lipinski definition) is 2. The van der Waals surface area contributed by atoms with E-state index in [4.69, 9.17) is 19.7 Å². The molecule has 0 spiro atoms. The van der Waals surface area contributed by atoms with Crippen molar-refractivity contribution >= 4 is 12.1 Å². The lowest BCUT2D eigenvalue weighted by atomic mass is 10.2. The van der Waals surface area contributed by atoms with Crippen LogP contribution in [0.5, 0.6) is 11.5 Å². The second-order valence-electron chi connectivity index (χ2n) is 4.44. The topological polar surface area (TPSA) is 96.3 Å². The smallest absolute Gasteiger partial charge is 0.408 e. The maximum Gasteiger partial charge on any atom is 0.408 e. The number of hydrogen-bond acceptors (Lipinski definition) is 4. The maximum atomic E-state index is 11.0. The van der Waals surface area contributed by atoms with E-state index in [2.05, 4.69) is 0 Å². The number of methoxy groups -OCH3 is 1. The molecular formula is C13H15NO6. The van der Waals surface area contributed by atoms with Crippen LogP contribution in [0.4, 0.5) is 4.79 Å². The Morgan fingerprint density at radius 2 is 2.00 bits per heavy atom. The molecule has 20 heavy (non-hydrogen) atoms. The molecule has 1 aliphatic heterocycles. The average molecular weight is 281 g/mol. The third kappa shape index (κ3) is 2.93. The monoisotopic (exact) mass is 281 g/mol. The summed E-state index contributed by atoms with van der Waals surface area (Å²) in [6.07, 6.45) is -1.62.